The summed E-state index contributed by atoms with van der Waals surface area (Å²) in [4.78, 5) is 61.0. The summed E-state index contributed by atoms with van der Waals surface area (Å²) >= 11 is 0. The Balaban J connectivity index is 1.27. The molecule has 0 aliphatic carbocycles. The number of hydrogen-bond donors (Lipinski definition) is 2. The molecular weight excluding hydrogens is 769 g/mol. The van der Waals surface area contributed by atoms with Crippen molar-refractivity contribution in [3.8, 4) is 22.4 Å². The maximum absolute atomic E-state index is 14.5. The van der Waals surface area contributed by atoms with Gasteiger partial charge in [0.1, 0.15) is 12.1 Å². The highest BCUT2D eigenvalue weighted by molar-refractivity contribution is 5.95. The molecule has 12 nitrogen and oxygen atoms in total. The van der Waals surface area contributed by atoms with E-state index in [1.807, 2.05) is 38.2 Å². The Bertz CT molecular complexity index is 2290. The summed E-state index contributed by atoms with van der Waals surface area (Å²) in [5.41, 5.74) is 11.2. The third-order valence-corrected chi connectivity index (χ3v) is 12.4. The summed E-state index contributed by atoms with van der Waals surface area (Å²) < 4.78 is 14.6. The van der Waals surface area contributed by atoms with Crippen LogP contribution in [0.3, 0.4) is 0 Å². The van der Waals surface area contributed by atoms with Gasteiger partial charge in [0.05, 0.1) is 36.6 Å². The van der Waals surface area contributed by atoms with E-state index in [2.05, 4.69) is 92.9 Å². The molecule has 3 aliphatic rings. The molecule has 3 atom stereocenters. The predicted molar refractivity (Wildman–Crippen MR) is 237 cm³/mol. The molecule has 2 aromatic carbocycles. The second kappa shape index (κ2) is 18.3. The number of nitrogens with zero attached hydrogens (tertiary/aromatic N) is 4. The van der Waals surface area contributed by atoms with E-state index in [-0.39, 0.29) is 55.3 Å². The second-order valence-corrected chi connectivity index (χ2v) is 18.4. The van der Waals surface area contributed by atoms with E-state index in [1.54, 1.807) is 4.90 Å². The van der Waals surface area contributed by atoms with Crippen molar-refractivity contribution in [3.05, 3.63) is 90.3 Å². The molecule has 12 heteroatoms. The topological polar surface area (TPSA) is 135 Å². The van der Waals surface area contributed by atoms with E-state index in [9.17, 15) is 19.2 Å². The molecule has 2 N–H and O–H groups in total. The molecular formula is C49H62N6O6. The number of hydrogen-bond acceptors (Lipinski definition) is 8. The number of ether oxygens (including phenoxy) is 2. The van der Waals surface area contributed by atoms with Gasteiger partial charge in [0.25, 0.3) is 5.91 Å². The lowest BCUT2D eigenvalue weighted by Crippen LogP contribution is -2.61. The number of nitrogens with one attached hydrogen (secondary N) is 2. The number of carbonyl (C=O) groups is 4. The molecule has 61 heavy (non-hydrogen) atoms. The van der Waals surface area contributed by atoms with Crippen molar-refractivity contribution in [1.82, 2.24) is 30.2 Å². The van der Waals surface area contributed by atoms with Gasteiger partial charge in [-0.1, -0.05) is 78.5 Å². The van der Waals surface area contributed by atoms with E-state index in [4.69, 9.17) is 14.5 Å². The number of amides is 3. The van der Waals surface area contributed by atoms with Crippen LogP contribution in [0.1, 0.15) is 84.0 Å². The van der Waals surface area contributed by atoms with Gasteiger partial charge in [-0.25, -0.2) is 5.43 Å². The molecule has 2 saturated heterocycles. The molecule has 0 spiro atoms. The van der Waals surface area contributed by atoms with Gasteiger partial charge in [-0.15, -0.1) is 0 Å². The van der Waals surface area contributed by atoms with Gasteiger partial charge < -0.3 is 24.3 Å². The molecule has 4 aromatic rings. The maximum Gasteiger partial charge on any atom is 0.324 e. The fourth-order valence-corrected chi connectivity index (χ4v) is 8.95. The zero-order chi connectivity index (χ0) is 43.6. The second-order valence-electron chi connectivity index (χ2n) is 18.4. The predicted octanol–water partition coefficient (Wildman–Crippen LogP) is 6.85. The number of pyridine rings is 1. The SMILES string of the molecule is C=CC(=O)N1CC(OC[C@H](C(=O)N[C@H]2Cc3cccc(c3)-c3ccc4c(c3)c(c(-c3cccnc3C(C)C)n4CC)CC(C)(C)COC(=O)[C@@H]3CCCN(N3)C2=O)C(C)C)C1. The molecule has 6 bridgehead atoms. The average molecular weight is 831 g/mol. The number of carbonyl (C=O) groups excluding carboxylic acids is 4. The molecule has 3 aliphatic heterocycles. The molecule has 0 unspecified atom stereocenters. The van der Waals surface area contributed by atoms with Crippen molar-refractivity contribution in [3.63, 3.8) is 0 Å². The Morgan fingerprint density at radius 3 is 2.56 bits per heavy atom. The van der Waals surface area contributed by atoms with E-state index in [1.165, 1.54) is 16.6 Å². The first-order chi connectivity index (χ1) is 29.2. The highest BCUT2D eigenvalue weighted by Gasteiger charge is 2.37. The molecule has 324 valence electrons. The Kier molecular flexibility index (Phi) is 13.2. The summed E-state index contributed by atoms with van der Waals surface area (Å²) in [5, 5.41) is 5.73. The lowest BCUT2D eigenvalue weighted by molar-refractivity contribution is -0.155. The number of aryl methyl sites for hydroxylation is 1. The minimum Gasteiger partial charge on any atom is -0.464 e. The summed E-state index contributed by atoms with van der Waals surface area (Å²) in [6.07, 6.45) is 4.97. The summed E-state index contributed by atoms with van der Waals surface area (Å²) in [6.45, 7) is 20.6. The fourth-order valence-electron chi connectivity index (χ4n) is 8.95. The molecule has 2 fully saturated rings. The maximum atomic E-state index is 14.5. The van der Waals surface area contributed by atoms with Crippen LogP contribution in [0.5, 0.6) is 0 Å². The normalized spacial score (nSPS) is 20.3. The van der Waals surface area contributed by atoms with Gasteiger partial charge >= 0.3 is 5.97 Å². The lowest BCUT2D eigenvalue weighted by Gasteiger charge is -2.39. The molecule has 2 aromatic heterocycles. The summed E-state index contributed by atoms with van der Waals surface area (Å²) in [7, 11) is 0. The van der Waals surface area contributed by atoms with Gasteiger partial charge in [0.2, 0.25) is 11.8 Å². The van der Waals surface area contributed by atoms with Crippen LogP contribution in [0, 0.1) is 17.3 Å². The highest BCUT2D eigenvalue weighted by atomic mass is 16.5. The molecule has 0 saturated carbocycles. The van der Waals surface area contributed by atoms with Crippen LogP contribution in [0.2, 0.25) is 0 Å². The van der Waals surface area contributed by atoms with Crippen molar-refractivity contribution in [2.24, 2.45) is 17.3 Å². The Labute approximate surface area is 360 Å². The first-order valence-corrected chi connectivity index (χ1v) is 21.9. The van der Waals surface area contributed by atoms with Crippen LogP contribution in [-0.4, -0.2) is 94.2 Å². The van der Waals surface area contributed by atoms with Gasteiger partial charge in [-0.2, -0.15) is 0 Å². The summed E-state index contributed by atoms with van der Waals surface area (Å²) in [6, 6.07) is 17.3. The van der Waals surface area contributed by atoms with Crippen molar-refractivity contribution in [1.29, 1.82) is 0 Å². The summed E-state index contributed by atoms with van der Waals surface area (Å²) in [5.74, 6) is -1.58. The minimum absolute atomic E-state index is 0.0850. The van der Waals surface area contributed by atoms with Gasteiger partial charge in [-0.05, 0) is 90.6 Å². The van der Waals surface area contributed by atoms with Crippen LogP contribution in [0.25, 0.3) is 33.3 Å². The number of benzene rings is 2. The largest absolute Gasteiger partial charge is 0.464 e. The first-order valence-electron chi connectivity index (χ1n) is 21.9. The van der Waals surface area contributed by atoms with Crippen molar-refractivity contribution in [2.75, 3.05) is 32.8 Å². The minimum atomic E-state index is -0.932. The Morgan fingerprint density at radius 1 is 1.07 bits per heavy atom. The lowest BCUT2D eigenvalue weighted by atomic mass is 9.83. The van der Waals surface area contributed by atoms with Crippen LogP contribution >= 0.6 is 0 Å². The van der Waals surface area contributed by atoms with Crippen LogP contribution in [0.4, 0.5) is 0 Å². The Morgan fingerprint density at radius 2 is 1.84 bits per heavy atom. The number of rotatable bonds is 10. The van der Waals surface area contributed by atoms with Crippen LogP contribution in [-0.2, 0) is 48.0 Å². The molecule has 0 radical (unpaired) electrons. The van der Waals surface area contributed by atoms with Gasteiger partial charge in [0, 0.05) is 60.7 Å². The number of esters is 1. The van der Waals surface area contributed by atoms with Crippen LogP contribution < -0.4 is 10.7 Å². The monoisotopic (exact) mass is 830 g/mol. The molecule has 7 rings (SSSR count). The highest BCUT2D eigenvalue weighted by Crippen LogP contribution is 2.42. The zero-order valence-corrected chi connectivity index (χ0v) is 36.8. The van der Waals surface area contributed by atoms with Crippen molar-refractivity contribution >= 4 is 34.6 Å². The standard InChI is InChI=1S/C49H62N6O6/c1-9-43(56)53-26-35(27-53)60-28-39(30(3)4)46(57)51-41-23-32-14-11-15-33(22-32)34-18-19-42-37(24-34)38(45(54(42)10-2)36-16-12-20-50-44(36)31(5)6)25-49(7,8)29-61-48(59)40-17-13-21-55(52-40)47(41)58/h9,11-12,14-16,18-20,22,24,30-31,35,39-41,52H,1,10,13,17,21,23,25-29H2,2-8H3,(H,51,57)/t39-,40-,41-/m0/s1. The quantitative estimate of drug-likeness (QED) is 0.131. The third-order valence-electron chi connectivity index (χ3n) is 12.4. The zero-order valence-electron chi connectivity index (χ0n) is 36.8. The average Bonchev–Trinajstić information content (AvgIpc) is 3.53. The third kappa shape index (κ3) is 9.45. The number of fused-ring (bicyclic) bond motifs is 6. The fraction of sp³-hybridized carbons (Fsp3) is 0.490. The van der Waals surface area contributed by atoms with Gasteiger partial charge in [0.15, 0.2) is 0 Å². The van der Waals surface area contributed by atoms with E-state index in [0.717, 1.165) is 51.1 Å². The number of cyclic esters (lactones) is 1. The van der Waals surface area contributed by atoms with E-state index in [0.29, 0.717) is 38.9 Å². The van der Waals surface area contributed by atoms with Crippen molar-refractivity contribution in [2.45, 2.75) is 105 Å². The number of likely N-dealkylation sites (tertiary alicyclic amines) is 1. The number of hydrazine groups is 1. The smallest absolute Gasteiger partial charge is 0.324 e. The number of aromatic nitrogens is 2. The van der Waals surface area contributed by atoms with Gasteiger partial charge in [-0.3, -0.25) is 29.2 Å². The van der Waals surface area contributed by atoms with Crippen molar-refractivity contribution < 1.29 is 28.7 Å². The van der Waals surface area contributed by atoms with E-state index < -0.39 is 29.4 Å². The Hall–Kier alpha value is -5.33. The van der Waals surface area contributed by atoms with E-state index >= 15 is 0 Å². The molecule has 3 amide bonds. The van der Waals surface area contributed by atoms with Crippen LogP contribution in [0.15, 0.2) is 73.4 Å². The molecule has 5 heterocycles. The first kappa shape index (κ1) is 43.7.